The largest absolute Gasteiger partial charge is 0.348 e. The normalized spacial score (nSPS) is 17.4. The minimum absolute atomic E-state index is 0.123. The van der Waals surface area contributed by atoms with Gasteiger partial charge in [0.1, 0.15) is 10.8 Å². The van der Waals surface area contributed by atoms with E-state index in [2.05, 4.69) is 20.9 Å². The average molecular weight is 300 g/mol. The van der Waals surface area contributed by atoms with Gasteiger partial charge in [-0.2, -0.15) is 0 Å². The fourth-order valence-corrected chi connectivity index (χ4v) is 2.89. The second-order valence-corrected chi connectivity index (χ2v) is 5.93. The van der Waals surface area contributed by atoms with Crippen LogP contribution in [0.5, 0.6) is 0 Å². The van der Waals surface area contributed by atoms with Crippen LogP contribution in [0.2, 0.25) is 5.15 Å². The standard InChI is InChI=1S/C13H18ClN3OS/c1-9-3-4-11(14)16-12(9)13(18)15-10-5-7-17(19-2)8-6-10/h3-4,10H,5-8H2,1-2H3,(H,15,18). The number of nitrogens with one attached hydrogen (secondary N) is 1. The smallest absolute Gasteiger partial charge is 0.270 e. The van der Waals surface area contributed by atoms with Crippen LogP contribution >= 0.6 is 23.5 Å². The highest BCUT2D eigenvalue weighted by Crippen LogP contribution is 2.17. The van der Waals surface area contributed by atoms with Gasteiger partial charge in [-0.1, -0.05) is 29.6 Å². The molecule has 0 radical (unpaired) electrons. The molecule has 1 saturated heterocycles. The minimum Gasteiger partial charge on any atom is -0.348 e. The first-order chi connectivity index (χ1) is 9.10. The van der Waals surface area contributed by atoms with Crippen molar-refractivity contribution in [3.63, 3.8) is 0 Å². The summed E-state index contributed by atoms with van der Waals surface area (Å²) in [5.41, 5.74) is 1.28. The maximum Gasteiger partial charge on any atom is 0.270 e. The molecule has 1 amide bonds. The molecule has 0 saturated carbocycles. The monoisotopic (exact) mass is 299 g/mol. The Morgan fingerprint density at radius 3 is 2.79 bits per heavy atom. The number of rotatable bonds is 3. The number of carbonyl (C=O) groups excluding carboxylic acids is 1. The fraction of sp³-hybridized carbons (Fsp3) is 0.538. The molecule has 2 heterocycles. The maximum absolute atomic E-state index is 12.2. The summed E-state index contributed by atoms with van der Waals surface area (Å²) in [7, 11) is 0. The zero-order valence-corrected chi connectivity index (χ0v) is 12.7. The number of aryl methyl sites for hydroxylation is 1. The summed E-state index contributed by atoms with van der Waals surface area (Å²) in [5, 5.41) is 3.41. The lowest BCUT2D eigenvalue weighted by atomic mass is 10.1. The molecular weight excluding hydrogens is 282 g/mol. The molecule has 1 aliphatic heterocycles. The molecule has 1 aromatic rings. The summed E-state index contributed by atoms with van der Waals surface area (Å²) in [6, 6.07) is 3.75. The van der Waals surface area contributed by atoms with Gasteiger partial charge < -0.3 is 5.32 Å². The van der Waals surface area contributed by atoms with E-state index in [9.17, 15) is 4.79 Å². The lowest BCUT2D eigenvalue weighted by Crippen LogP contribution is -2.43. The van der Waals surface area contributed by atoms with E-state index in [1.165, 1.54) is 0 Å². The number of amides is 1. The van der Waals surface area contributed by atoms with Gasteiger partial charge in [0, 0.05) is 19.1 Å². The summed E-state index contributed by atoms with van der Waals surface area (Å²) in [5.74, 6) is -0.123. The number of hydrogen-bond acceptors (Lipinski definition) is 4. The van der Waals surface area contributed by atoms with Crippen molar-refractivity contribution in [1.82, 2.24) is 14.6 Å². The van der Waals surface area contributed by atoms with Gasteiger partial charge in [-0.05, 0) is 37.7 Å². The highest BCUT2D eigenvalue weighted by molar-refractivity contribution is 7.96. The lowest BCUT2D eigenvalue weighted by Gasteiger charge is -2.30. The molecule has 0 atom stereocenters. The van der Waals surface area contributed by atoms with Crippen molar-refractivity contribution >= 4 is 29.5 Å². The van der Waals surface area contributed by atoms with E-state index in [0.29, 0.717) is 10.8 Å². The van der Waals surface area contributed by atoms with Crippen molar-refractivity contribution in [2.45, 2.75) is 25.8 Å². The molecule has 0 aromatic carbocycles. The molecule has 4 nitrogen and oxygen atoms in total. The molecule has 2 rings (SSSR count). The van der Waals surface area contributed by atoms with Crippen molar-refractivity contribution in [3.8, 4) is 0 Å². The molecule has 0 bridgehead atoms. The molecule has 0 spiro atoms. The van der Waals surface area contributed by atoms with E-state index in [-0.39, 0.29) is 11.9 Å². The Balaban J connectivity index is 1.96. The SMILES string of the molecule is CSN1CCC(NC(=O)c2nc(Cl)ccc2C)CC1. The van der Waals surface area contributed by atoms with Crippen LogP contribution in [0, 0.1) is 6.92 Å². The van der Waals surface area contributed by atoms with Crippen molar-refractivity contribution in [2.75, 3.05) is 19.3 Å². The topological polar surface area (TPSA) is 45.2 Å². The highest BCUT2D eigenvalue weighted by atomic mass is 35.5. The van der Waals surface area contributed by atoms with E-state index in [1.807, 2.05) is 13.0 Å². The van der Waals surface area contributed by atoms with Crippen molar-refractivity contribution < 1.29 is 4.79 Å². The lowest BCUT2D eigenvalue weighted by molar-refractivity contribution is 0.0919. The third-order valence-electron chi connectivity index (χ3n) is 3.33. The Hall–Kier alpha value is -0.780. The van der Waals surface area contributed by atoms with E-state index in [0.717, 1.165) is 31.5 Å². The predicted octanol–water partition coefficient (Wildman–Crippen LogP) is 2.52. The molecular formula is C13H18ClN3OS. The first kappa shape index (κ1) is 14.6. The van der Waals surface area contributed by atoms with Crippen LogP contribution in [0.15, 0.2) is 12.1 Å². The maximum atomic E-state index is 12.2. The van der Waals surface area contributed by atoms with E-state index >= 15 is 0 Å². The van der Waals surface area contributed by atoms with Crippen molar-refractivity contribution in [1.29, 1.82) is 0 Å². The Bertz CT molecular complexity index is 461. The molecule has 1 fully saturated rings. The van der Waals surface area contributed by atoms with Crippen LogP contribution < -0.4 is 5.32 Å². The van der Waals surface area contributed by atoms with E-state index in [4.69, 9.17) is 11.6 Å². The first-order valence-electron chi connectivity index (χ1n) is 6.33. The van der Waals surface area contributed by atoms with Crippen LogP contribution in [-0.4, -0.2) is 40.6 Å². The molecule has 1 aromatic heterocycles. The number of pyridine rings is 1. The van der Waals surface area contributed by atoms with Gasteiger partial charge in [-0.25, -0.2) is 4.98 Å². The summed E-state index contributed by atoms with van der Waals surface area (Å²) in [6.45, 7) is 3.89. The van der Waals surface area contributed by atoms with Crippen LogP contribution in [0.4, 0.5) is 0 Å². The van der Waals surface area contributed by atoms with E-state index in [1.54, 1.807) is 18.0 Å². The number of piperidine rings is 1. The molecule has 0 unspecified atom stereocenters. The Labute approximate surface area is 123 Å². The summed E-state index contributed by atoms with van der Waals surface area (Å²) < 4.78 is 2.31. The third-order valence-corrected chi connectivity index (χ3v) is 4.42. The van der Waals surface area contributed by atoms with Gasteiger partial charge in [-0.3, -0.25) is 9.10 Å². The second kappa shape index (κ2) is 6.59. The number of hydrogen-bond donors (Lipinski definition) is 1. The Kier molecular flexibility index (Phi) is 5.07. The van der Waals surface area contributed by atoms with Gasteiger partial charge in [0.2, 0.25) is 0 Å². The average Bonchev–Trinajstić information content (AvgIpc) is 2.42. The van der Waals surface area contributed by atoms with Gasteiger partial charge in [0.15, 0.2) is 0 Å². The van der Waals surface area contributed by atoms with Gasteiger partial charge in [0.25, 0.3) is 5.91 Å². The van der Waals surface area contributed by atoms with Gasteiger partial charge >= 0.3 is 0 Å². The van der Waals surface area contributed by atoms with Gasteiger partial charge in [0.05, 0.1) is 0 Å². The zero-order chi connectivity index (χ0) is 13.8. The Morgan fingerprint density at radius 2 is 2.16 bits per heavy atom. The second-order valence-electron chi connectivity index (χ2n) is 4.66. The molecule has 6 heteroatoms. The molecule has 1 aliphatic rings. The van der Waals surface area contributed by atoms with Gasteiger partial charge in [-0.15, -0.1) is 0 Å². The summed E-state index contributed by atoms with van der Waals surface area (Å²) >= 11 is 7.60. The number of halogens is 1. The van der Waals surface area contributed by atoms with E-state index < -0.39 is 0 Å². The number of aromatic nitrogens is 1. The van der Waals surface area contributed by atoms with Crippen LogP contribution in [-0.2, 0) is 0 Å². The Morgan fingerprint density at radius 1 is 1.47 bits per heavy atom. The van der Waals surface area contributed by atoms with Crippen LogP contribution in [0.25, 0.3) is 0 Å². The molecule has 104 valence electrons. The third kappa shape index (κ3) is 3.84. The zero-order valence-electron chi connectivity index (χ0n) is 11.1. The van der Waals surface area contributed by atoms with Crippen LogP contribution in [0.3, 0.4) is 0 Å². The van der Waals surface area contributed by atoms with Crippen molar-refractivity contribution in [2.24, 2.45) is 0 Å². The van der Waals surface area contributed by atoms with Crippen LogP contribution in [0.1, 0.15) is 28.9 Å². The number of carbonyl (C=O) groups is 1. The predicted molar refractivity (Wildman–Crippen MR) is 79.6 cm³/mol. The summed E-state index contributed by atoms with van der Waals surface area (Å²) in [6.07, 6.45) is 4.04. The number of nitrogens with zero attached hydrogens (tertiary/aromatic N) is 2. The molecule has 19 heavy (non-hydrogen) atoms. The molecule has 1 N–H and O–H groups in total. The summed E-state index contributed by atoms with van der Waals surface area (Å²) in [4.78, 5) is 16.3. The first-order valence-corrected chi connectivity index (χ1v) is 7.89. The highest BCUT2D eigenvalue weighted by Gasteiger charge is 2.21. The fourth-order valence-electron chi connectivity index (χ4n) is 2.17. The van der Waals surface area contributed by atoms with Crippen molar-refractivity contribution in [3.05, 3.63) is 28.5 Å². The molecule has 0 aliphatic carbocycles. The quantitative estimate of drug-likeness (QED) is 0.688. The minimum atomic E-state index is -0.123.